The highest BCUT2D eigenvalue weighted by atomic mass is 19.1. The second-order valence-corrected chi connectivity index (χ2v) is 4.46. The highest BCUT2D eigenvalue weighted by Gasteiger charge is 2.12. The number of aromatic amines is 1. The van der Waals surface area contributed by atoms with E-state index in [4.69, 9.17) is 0 Å². The molecule has 0 spiro atoms. The van der Waals surface area contributed by atoms with Gasteiger partial charge in [0.2, 0.25) is 0 Å². The third kappa shape index (κ3) is 2.19. The number of nitrogens with one attached hydrogen (secondary N) is 1. The molecule has 3 aromatic rings. The van der Waals surface area contributed by atoms with Crippen LogP contribution < -0.4 is 5.56 Å². The Balaban J connectivity index is 2.05. The van der Waals surface area contributed by atoms with Crippen molar-refractivity contribution in [2.75, 3.05) is 0 Å². The van der Waals surface area contributed by atoms with Crippen LogP contribution in [0.4, 0.5) is 4.39 Å². The van der Waals surface area contributed by atoms with Gasteiger partial charge in [0.05, 0.1) is 17.2 Å². The van der Waals surface area contributed by atoms with E-state index < -0.39 is 6.10 Å². The number of rotatable bonds is 2. The number of benzene rings is 2. The Kier molecular flexibility index (Phi) is 3.04. The van der Waals surface area contributed by atoms with Gasteiger partial charge < -0.3 is 10.1 Å². The van der Waals surface area contributed by atoms with Gasteiger partial charge in [0.25, 0.3) is 5.56 Å². The van der Waals surface area contributed by atoms with E-state index in [9.17, 15) is 14.3 Å². The van der Waals surface area contributed by atoms with Crippen molar-refractivity contribution in [1.82, 2.24) is 9.97 Å². The predicted octanol–water partition coefficient (Wildman–Crippen LogP) is 2.14. The van der Waals surface area contributed by atoms with Gasteiger partial charge in [-0.3, -0.25) is 4.79 Å². The fourth-order valence-corrected chi connectivity index (χ4v) is 2.09. The van der Waals surface area contributed by atoms with Crippen LogP contribution >= 0.6 is 0 Å². The van der Waals surface area contributed by atoms with Crippen LogP contribution in [-0.2, 0) is 0 Å². The van der Waals surface area contributed by atoms with E-state index in [0.717, 1.165) is 0 Å². The van der Waals surface area contributed by atoms with E-state index in [1.54, 1.807) is 18.2 Å². The quantitative estimate of drug-likeness (QED) is 0.749. The molecule has 0 aliphatic carbocycles. The topological polar surface area (TPSA) is 66.0 Å². The van der Waals surface area contributed by atoms with Crippen LogP contribution in [0.3, 0.4) is 0 Å². The summed E-state index contributed by atoms with van der Waals surface area (Å²) in [6.07, 6.45) is 0.430. The summed E-state index contributed by atoms with van der Waals surface area (Å²) >= 11 is 0. The molecule has 4 nitrogen and oxygen atoms in total. The number of H-pyrrole nitrogens is 1. The van der Waals surface area contributed by atoms with Crippen molar-refractivity contribution in [2.45, 2.75) is 6.10 Å². The van der Waals surface area contributed by atoms with Gasteiger partial charge in [0.15, 0.2) is 0 Å². The molecule has 1 heterocycles. The number of hydrogen-bond acceptors (Lipinski definition) is 3. The molecule has 0 saturated heterocycles. The van der Waals surface area contributed by atoms with Gasteiger partial charge in [-0.05, 0) is 35.4 Å². The summed E-state index contributed by atoms with van der Waals surface area (Å²) < 4.78 is 12.9. The minimum atomic E-state index is -0.888. The zero-order valence-corrected chi connectivity index (χ0v) is 10.4. The number of halogens is 1. The lowest BCUT2D eigenvalue weighted by atomic mass is 10.0. The second kappa shape index (κ2) is 4.86. The number of nitrogens with zero attached hydrogens (tertiary/aromatic N) is 1. The lowest BCUT2D eigenvalue weighted by Gasteiger charge is -2.11. The summed E-state index contributed by atoms with van der Waals surface area (Å²) in [7, 11) is 0. The van der Waals surface area contributed by atoms with Crippen LogP contribution in [0.2, 0.25) is 0 Å². The van der Waals surface area contributed by atoms with Gasteiger partial charge in [-0.2, -0.15) is 0 Å². The number of fused-ring (bicyclic) bond motifs is 1. The maximum Gasteiger partial charge on any atom is 0.258 e. The number of aliphatic hydroxyl groups excluding tert-OH is 1. The van der Waals surface area contributed by atoms with Crippen molar-refractivity contribution >= 4 is 10.9 Å². The maximum atomic E-state index is 12.9. The van der Waals surface area contributed by atoms with Crippen LogP contribution in [0.15, 0.2) is 53.6 Å². The second-order valence-electron chi connectivity index (χ2n) is 4.46. The summed E-state index contributed by atoms with van der Waals surface area (Å²) in [6.45, 7) is 0. The Hall–Kier alpha value is -2.53. The number of hydrogen-bond donors (Lipinski definition) is 2. The molecular weight excluding hydrogens is 259 g/mol. The van der Waals surface area contributed by atoms with Crippen molar-refractivity contribution in [3.05, 3.63) is 76.1 Å². The largest absolute Gasteiger partial charge is 0.384 e. The summed E-state index contributed by atoms with van der Waals surface area (Å²) in [5, 5.41) is 10.7. The highest BCUT2D eigenvalue weighted by molar-refractivity contribution is 5.78. The Bertz CT molecular complexity index is 812. The molecule has 100 valence electrons. The predicted molar refractivity (Wildman–Crippen MR) is 72.8 cm³/mol. The molecule has 0 radical (unpaired) electrons. The molecule has 1 aromatic heterocycles. The molecule has 2 N–H and O–H groups in total. The molecule has 0 saturated carbocycles. The highest BCUT2D eigenvalue weighted by Crippen LogP contribution is 2.23. The first-order chi connectivity index (χ1) is 9.65. The molecule has 1 atom stereocenters. The van der Waals surface area contributed by atoms with Crippen LogP contribution in [0.1, 0.15) is 17.2 Å². The van der Waals surface area contributed by atoms with Crippen LogP contribution in [-0.4, -0.2) is 15.1 Å². The standard InChI is InChI=1S/C15H11FN2O2/c16-11-4-1-9(2-5-11)14(19)10-3-6-12-13(7-10)17-8-18-15(12)20/h1-8,14,19H,(H,17,18,20). The van der Waals surface area contributed by atoms with Crippen molar-refractivity contribution in [3.8, 4) is 0 Å². The van der Waals surface area contributed by atoms with Crippen molar-refractivity contribution in [1.29, 1.82) is 0 Å². The van der Waals surface area contributed by atoms with Gasteiger partial charge in [-0.25, -0.2) is 9.37 Å². The zero-order valence-electron chi connectivity index (χ0n) is 10.4. The fraction of sp³-hybridized carbons (Fsp3) is 0.0667. The molecule has 0 bridgehead atoms. The third-order valence-corrected chi connectivity index (χ3v) is 3.17. The van der Waals surface area contributed by atoms with E-state index >= 15 is 0 Å². The Morgan fingerprint density at radius 2 is 1.80 bits per heavy atom. The normalized spacial score (nSPS) is 12.5. The first-order valence-corrected chi connectivity index (χ1v) is 6.06. The molecule has 2 aromatic carbocycles. The molecular formula is C15H11FN2O2. The van der Waals surface area contributed by atoms with E-state index in [1.165, 1.54) is 30.6 Å². The lowest BCUT2D eigenvalue weighted by Crippen LogP contribution is -2.07. The average molecular weight is 270 g/mol. The van der Waals surface area contributed by atoms with Crippen molar-refractivity contribution in [3.63, 3.8) is 0 Å². The summed E-state index contributed by atoms with van der Waals surface area (Å²) in [5.41, 5.74) is 1.46. The third-order valence-electron chi connectivity index (χ3n) is 3.17. The Morgan fingerprint density at radius 3 is 2.55 bits per heavy atom. The number of aromatic nitrogens is 2. The smallest absolute Gasteiger partial charge is 0.258 e. The van der Waals surface area contributed by atoms with Crippen LogP contribution in [0, 0.1) is 5.82 Å². The van der Waals surface area contributed by atoms with Gasteiger partial charge in [0.1, 0.15) is 11.9 Å². The monoisotopic (exact) mass is 270 g/mol. The van der Waals surface area contributed by atoms with Gasteiger partial charge >= 0.3 is 0 Å². The zero-order chi connectivity index (χ0) is 14.1. The minimum Gasteiger partial charge on any atom is -0.384 e. The molecule has 0 aliphatic rings. The molecule has 5 heteroatoms. The Morgan fingerprint density at radius 1 is 1.10 bits per heavy atom. The minimum absolute atomic E-state index is 0.224. The first-order valence-electron chi connectivity index (χ1n) is 6.06. The maximum absolute atomic E-state index is 12.9. The number of aliphatic hydroxyl groups is 1. The van der Waals surface area contributed by atoms with Crippen LogP contribution in [0.25, 0.3) is 10.9 Å². The van der Waals surface area contributed by atoms with Gasteiger partial charge in [-0.1, -0.05) is 18.2 Å². The molecule has 20 heavy (non-hydrogen) atoms. The Labute approximate surface area is 113 Å². The summed E-state index contributed by atoms with van der Waals surface area (Å²) in [4.78, 5) is 18.1. The average Bonchev–Trinajstić information content (AvgIpc) is 2.47. The summed E-state index contributed by atoms with van der Waals surface area (Å²) in [5.74, 6) is -0.354. The van der Waals surface area contributed by atoms with Crippen LogP contribution in [0.5, 0.6) is 0 Å². The van der Waals surface area contributed by atoms with E-state index in [1.807, 2.05) is 0 Å². The molecule has 3 rings (SSSR count). The SMILES string of the molecule is O=c1[nH]cnc2cc(C(O)c3ccc(F)cc3)ccc12. The molecule has 0 amide bonds. The first kappa shape index (κ1) is 12.5. The summed E-state index contributed by atoms with van der Waals surface area (Å²) in [6, 6.07) is 10.6. The molecule has 0 fully saturated rings. The molecule has 1 unspecified atom stereocenters. The van der Waals surface area contributed by atoms with Gasteiger partial charge in [-0.15, -0.1) is 0 Å². The van der Waals surface area contributed by atoms with Crippen molar-refractivity contribution < 1.29 is 9.50 Å². The van der Waals surface area contributed by atoms with Gasteiger partial charge in [0, 0.05) is 0 Å². The van der Waals surface area contributed by atoms with E-state index in [2.05, 4.69) is 9.97 Å². The van der Waals surface area contributed by atoms with E-state index in [-0.39, 0.29) is 11.4 Å². The fourth-order valence-electron chi connectivity index (χ4n) is 2.09. The lowest BCUT2D eigenvalue weighted by molar-refractivity contribution is 0.220. The van der Waals surface area contributed by atoms with Crippen molar-refractivity contribution in [2.24, 2.45) is 0 Å². The van der Waals surface area contributed by atoms with E-state index in [0.29, 0.717) is 22.0 Å². The molecule has 0 aliphatic heterocycles.